The van der Waals surface area contributed by atoms with Crippen molar-refractivity contribution in [3.8, 4) is 0 Å². The summed E-state index contributed by atoms with van der Waals surface area (Å²) in [5, 5.41) is 3.39. The second kappa shape index (κ2) is 7.96. The maximum absolute atomic E-state index is 12.6. The van der Waals surface area contributed by atoms with E-state index in [1.165, 1.54) is 12.0 Å². The van der Waals surface area contributed by atoms with Crippen molar-refractivity contribution in [3.63, 3.8) is 0 Å². The summed E-state index contributed by atoms with van der Waals surface area (Å²) in [4.78, 5) is 14.7. The Morgan fingerprint density at radius 1 is 1.26 bits per heavy atom. The van der Waals surface area contributed by atoms with Gasteiger partial charge in [-0.1, -0.05) is 43.7 Å². The summed E-state index contributed by atoms with van der Waals surface area (Å²) in [6.07, 6.45) is 5.29. The minimum Gasteiger partial charge on any atom is -0.342 e. The number of rotatable bonds is 5. The van der Waals surface area contributed by atoms with Crippen molar-refractivity contribution in [2.75, 3.05) is 26.2 Å². The molecule has 3 nitrogen and oxygen atoms in total. The molecule has 0 aromatic heterocycles. The third-order valence-corrected chi connectivity index (χ3v) is 5.77. The number of carbonyl (C=O) groups excluding carboxylic acids is 1. The number of nitrogens with one attached hydrogen (secondary N) is 1. The van der Waals surface area contributed by atoms with E-state index in [2.05, 4.69) is 47.5 Å². The van der Waals surface area contributed by atoms with E-state index in [9.17, 15) is 4.79 Å². The lowest BCUT2D eigenvalue weighted by atomic mass is 9.79. The van der Waals surface area contributed by atoms with Crippen LogP contribution in [0.1, 0.15) is 50.5 Å². The quantitative estimate of drug-likeness (QED) is 0.903. The lowest BCUT2D eigenvalue weighted by Gasteiger charge is -2.39. The van der Waals surface area contributed by atoms with Gasteiger partial charge in [0.25, 0.3) is 0 Å². The summed E-state index contributed by atoms with van der Waals surface area (Å²) in [5.41, 5.74) is 1.45. The van der Waals surface area contributed by atoms with Crippen molar-refractivity contribution >= 4 is 5.91 Å². The Kier molecular flexibility index (Phi) is 5.71. The van der Waals surface area contributed by atoms with Crippen molar-refractivity contribution in [2.24, 2.45) is 11.8 Å². The molecule has 0 spiro atoms. The van der Waals surface area contributed by atoms with Gasteiger partial charge in [-0.25, -0.2) is 0 Å². The maximum atomic E-state index is 12.6. The highest BCUT2D eigenvalue weighted by Crippen LogP contribution is 2.35. The number of nitrogens with zero attached hydrogens (tertiary/aromatic N) is 1. The van der Waals surface area contributed by atoms with Gasteiger partial charge in [-0.15, -0.1) is 0 Å². The van der Waals surface area contributed by atoms with E-state index in [4.69, 9.17) is 0 Å². The molecule has 1 N–H and O–H groups in total. The standard InChI is InChI=1S/C20H30N2O/c1-2-17-15-22(20(23)9-8-16-10-12-21-14-16)13-11-19(17)18-6-4-3-5-7-18/h3-7,16-17,19,21H,2,8-15H2,1H3. The van der Waals surface area contributed by atoms with Crippen LogP contribution in [0.3, 0.4) is 0 Å². The summed E-state index contributed by atoms with van der Waals surface area (Å²) in [5.74, 6) is 2.30. The Hall–Kier alpha value is -1.35. The van der Waals surface area contributed by atoms with E-state index in [0.717, 1.165) is 51.9 Å². The molecule has 2 fully saturated rings. The molecular weight excluding hydrogens is 284 g/mol. The number of hydrogen-bond donors (Lipinski definition) is 1. The molecular formula is C20H30N2O. The molecule has 2 heterocycles. The third kappa shape index (κ3) is 4.14. The van der Waals surface area contributed by atoms with E-state index < -0.39 is 0 Å². The summed E-state index contributed by atoms with van der Waals surface area (Å²) in [6, 6.07) is 10.8. The van der Waals surface area contributed by atoms with Gasteiger partial charge >= 0.3 is 0 Å². The SMILES string of the molecule is CCC1CN(C(=O)CCC2CCNC2)CCC1c1ccccc1. The fraction of sp³-hybridized carbons (Fsp3) is 0.650. The summed E-state index contributed by atoms with van der Waals surface area (Å²) >= 11 is 0. The van der Waals surface area contributed by atoms with Crippen LogP contribution in [-0.2, 0) is 4.79 Å². The molecule has 1 amide bonds. The molecule has 0 radical (unpaired) electrons. The molecule has 1 aromatic rings. The van der Waals surface area contributed by atoms with Gasteiger partial charge in [0.1, 0.15) is 0 Å². The Morgan fingerprint density at radius 2 is 2.09 bits per heavy atom. The van der Waals surface area contributed by atoms with Crippen molar-refractivity contribution < 1.29 is 4.79 Å². The molecule has 2 saturated heterocycles. The van der Waals surface area contributed by atoms with Crippen LogP contribution < -0.4 is 5.32 Å². The zero-order valence-corrected chi connectivity index (χ0v) is 14.3. The van der Waals surface area contributed by atoms with Gasteiger partial charge in [0.15, 0.2) is 0 Å². The number of carbonyl (C=O) groups is 1. The largest absolute Gasteiger partial charge is 0.342 e. The summed E-state index contributed by atoms with van der Waals surface area (Å²) in [6.45, 7) is 6.36. The zero-order chi connectivity index (χ0) is 16.1. The van der Waals surface area contributed by atoms with Crippen LogP contribution in [0.2, 0.25) is 0 Å². The molecule has 3 rings (SSSR count). The van der Waals surface area contributed by atoms with Crippen molar-refractivity contribution in [2.45, 2.75) is 44.9 Å². The Bertz CT molecular complexity index is 496. The molecule has 3 heteroatoms. The van der Waals surface area contributed by atoms with Gasteiger partial charge in [-0.3, -0.25) is 4.79 Å². The van der Waals surface area contributed by atoms with Crippen molar-refractivity contribution in [1.29, 1.82) is 0 Å². The van der Waals surface area contributed by atoms with Crippen LogP contribution in [0.15, 0.2) is 30.3 Å². The van der Waals surface area contributed by atoms with E-state index >= 15 is 0 Å². The van der Waals surface area contributed by atoms with E-state index in [-0.39, 0.29) is 0 Å². The van der Waals surface area contributed by atoms with Crippen molar-refractivity contribution in [1.82, 2.24) is 10.2 Å². The number of likely N-dealkylation sites (tertiary alicyclic amines) is 1. The molecule has 3 atom stereocenters. The highest BCUT2D eigenvalue weighted by molar-refractivity contribution is 5.76. The molecule has 0 saturated carbocycles. The van der Waals surface area contributed by atoms with Crippen molar-refractivity contribution in [3.05, 3.63) is 35.9 Å². The molecule has 2 aliphatic heterocycles. The van der Waals surface area contributed by atoms with E-state index in [0.29, 0.717) is 23.7 Å². The first-order valence-electron chi connectivity index (χ1n) is 9.31. The lowest BCUT2D eigenvalue weighted by molar-refractivity contribution is -0.133. The second-order valence-electron chi connectivity index (χ2n) is 7.21. The van der Waals surface area contributed by atoms with Gasteiger partial charge < -0.3 is 10.2 Å². The predicted molar refractivity (Wildman–Crippen MR) is 94.4 cm³/mol. The molecule has 2 aliphatic rings. The van der Waals surface area contributed by atoms with Crippen LogP contribution in [0, 0.1) is 11.8 Å². The topological polar surface area (TPSA) is 32.3 Å². The highest BCUT2D eigenvalue weighted by atomic mass is 16.2. The van der Waals surface area contributed by atoms with Crippen LogP contribution in [0.4, 0.5) is 0 Å². The summed E-state index contributed by atoms with van der Waals surface area (Å²) < 4.78 is 0. The maximum Gasteiger partial charge on any atom is 0.222 e. The molecule has 0 bridgehead atoms. The van der Waals surface area contributed by atoms with E-state index in [1.807, 2.05) is 0 Å². The molecule has 1 aromatic carbocycles. The van der Waals surface area contributed by atoms with Gasteiger partial charge in [0.2, 0.25) is 5.91 Å². The number of benzene rings is 1. The molecule has 0 aliphatic carbocycles. The van der Waals surface area contributed by atoms with E-state index in [1.54, 1.807) is 0 Å². The highest BCUT2D eigenvalue weighted by Gasteiger charge is 2.31. The number of piperidine rings is 1. The molecule has 3 unspecified atom stereocenters. The fourth-order valence-electron chi connectivity index (χ4n) is 4.26. The Labute approximate surface area is 140 Å². The Balaban J connectivity index is 1.54. The molecule has 23 heavy (non-hydrogen) atoms. The first-order valence-corrected chi connectivity index (χ1v) is 9.31. The average Bonchev–Trinajstić information content (AvgIpc) is 3.13. The predicted octanol–water partition coefficient (Wildman–Crippen LogP) is 3.42. The zero-order valence-electron chi connectivity index (χ0n) is 14.3. The van der Waals surface area contributed by atoms with Gasteiger partial charge in [-0.2, -0.15) is 0 Å². The van der Waals surface area contributed by atoms with Crippen LogP contribution in [0.25, 0.3) is 0 Å². The second-order valence-corrected chi connectivity index (χ2v) is 7.21. The van der Waals surface area contributed by atoms with Crippen LogP contribution >= 0.6 is 0 Å². The summed E-state index contributed by atoms with van der Waals surface area (Å²) in [7, 11) is 0. The third-order valence-electron chi connectivity index (χ3n) is 5.77. The van der Waals surface area contributed by atoms with Crippen LogP contribution in [0.5, 0.6) is 0 Å². The normalized spacial score (nSPS) is 28.0. The first kappa shape index (κ1) is 16.5. The first-order chi connectivity index (χ1) is 11.3. The van der Waals surface area contributed by atoms with Gasteiger partial charge in [0, 0.05) is 19.5 Å². The number of amides is 1. The smallest absolute Gasteiger partial charge is 0.222 e. The minimum absolute atomic E-state index is 0.377. The average molecular weight is 314 g/mol. The van der Waals surface area contributed by atoms with Crippen LogP contribution in [-0.4, -0.2) is 37.0 Å². The lowest BCUT2D eigenvalue weighted by Crippen LogP contribution is -2.43. The minimum atomic E-state index is 0.377. The van der Waals surface area contributed by atoms with Gasteiger partial charge in [-0.05, 0) is 55.7 Å². The molecule has 126 valence electrons. The van der Waals surface area contributed by atoms with Gasteiger partial charge in [0.05, 0.1) is 0 Å². The monoisotopic (exact) mass is 314 g/mol. The Morgan fingerprint density at radius 3 is 2.78 bits per heavy atom. The number of hydrogen-bond acceptors (Lipinski definition) is 2. The fourth-order valence-corrected chi connectivity index (χ4v) is 4.26.